The summed E-state index contributed by atoms with van der Waals surface area (Å²) in [7, 11) is 3.54. The van der Waals surface area contributed by atoms with Gasteiger partial charge in [-0.1, -0.05) is 18.2 Å². The molecule has 7 heteroatoms. The van der Waals surface area contributed by atoms with Gasteiger partial charge in [-0.05, 0) is 61.1 Å². The van der Waals surface area contributed by atoms with E-state index in [1.165, 1.54) is 5.06 Å². The largest absolute Gasteiger partial charge is 0.481 e. The summed E-state index contributed by atoms with van der Waals surface area (Å²) in [6.45, 7) is 0. The van der Waals surface area contributed by atoms with Crippen LogP contribution in [0.2, 0.25) is 0 Å². The summed E-state index contributed by atoms with van der Waals surface area (Å²) >= 11 is 0. The average Bonchev–Trinajstić information content (AvgIpc) is 3.16. The van der Waals surface area contributed by atoms with Crippen LogP contribution in [0.4, 0.5) is 5.69 Å². The highest BCUT2D eigenvalue weighted by Crippen LogP contribution is 2.59. The first kappa shape index (κ1) is 18.3. The second-order valence-electron chi connectivity index (χ2n) is 8.07. The normalized spacial score (nSPS) is 30.5. The second kappa shape index (κ2) is 6.37. The van der Waals surface area contributed by atoms with Crippen LogP contribution >= 0.6 is 0 Å². The number of nitrogen functional groups attached to an aromatic ring is 1. The standard InChI is InChI=1S/C22H26N4O3/c1-26-20(24)25-22(29-26)18-13-15(14-4-3-5-16(23)12-14)6-7-19(18)28-21(22)10-8-17(27-2)9-11-21/h3-7,12-13,17H,8-11,23H2,1-2H3,(H2,24,25). The minimum atomic E-state index is -0.990. The van der Waals surface area contributed by atoms with E-state index < -0.39 is 11.3 Å². The third-order valence-corrected chi connectivity index (χ3v) is 6.42. The summed E-state index contributed by atoms with van der Waals surface area (Å²) in [5.41, 5.74) is 14.3. The average molecular weight is 394 g/mol. The number of guanidine groups is 1. The van der Waals surface area contributed by atoms with Gasteiger partial charge >= 0.3 is 0 Å². The predicted octanol–water partition coefficient (Wildman–Crippen LogP) is 3.00. The van der Waals surface area contributed by atoms with E-state index in [2.05, 4.69) is 6.07 Å². The highest BCUT2D eigenvalue weighted by Gasteiger charge is 2.66. The van der Waals surface area contributed by atoms with Crippen molar-refractivity contribution in [3.8, 4) is 16.9 Å². The molecule has 0 amide bonds. The molecule has 1 fully saturated rings. The molecule has 2 heterocycles. The summed E-state index contributed by atoms with van der Waals surface area (Å²) in [4.78, 5) is 11.2. The molecule has 2 aliphatic heterocycles. The molecule has 2 spiro atoms. The number of fused-ring (bicyclic) bond motifs is 3. The molecule has 0 aromatic heterocycles. The van der Waals surface area contributed by atoms with E-state index in [1.54, 1.807) is 14.2 Å². The van der Waals surface area contributed by atoms with Crippen LogP contribution in [0.3, 0.4) is 0 Å². The molecule has 0 bridgehead atoms. The minimum Gasteiger partial charge on any atom is -0.481 e. The van der Waals surface area contributed by atoms with E-state index >= 15 is 0 Å². The maximum absolute atomic E-state index is 6.58. The van der Waals surface area contributed by atoms with Crippen LogP contribution in [0.5, 0.6) is 5.75 Å². The first-order valence-electron chi connectivity index (χ1n) is 9.97. The molecular formula is C22H26N4O3. The molecule has 1 unspecified atom stereocenters. The van der Waals surface area contributed by atoms with Crippen molar-refractivity contribution in [3.63, 3.8) is 0 Å². The van der Waals surface area contributed by atoms with Crippen molar-refractivity contribution in [1.29, 1.82) is 0 Å². The van der Waals surface area contributed by atoms with Crippen LogP contribution in [-0.4, -0.2) is 36.9 Å². The van der Waals surface area contributed by atoms with E-state index in [1.807, 2.05) is 36.4 Å². The lowest BCUT2D eigenvalue weighted by atomic mass is 9.74. The molecule has 1 saturated carbocycles. The highest BCUT2D eigenvalue weighted by atomic mass is 16.7. The van der Waals surface area contributed by atoms with E-state index in [-0.39, 0.29) is 6.10 Å². The Bertz CT molecular complexity index is 984. The molecule has 1 atom stereocenters. The van der Waals surface area contributed by atoms with Gasteiger partial charge in [0.1, 0.15) is 5.75 Å². The molecule has 2 aromatic carbocycles. The van der Waals surface area contributed by atoms with Crippen molar-refractivity contribution in [2.75, 3.05) is 19.9 Å². The van der Waals surface area contributed by atoms with E-state index in [4.69, 9.17) is 30.8 Å². The minimum absolute atomic E-state index is 0.230. The molecular weight excluding hydrogens is 368 g/mol. The highest BCUT2D eigenvalue weighted by molar-refractivity contribution is 5.80. The Labute approximate surface area is 170 Å². The zero-order valence-electron chi connectivity index (χ0n) is 16.7. The van der Waals surface area contributed by atoms with Crippen molar-refractivity contribution < 1.29 is 14.3 Å². The topological polar surface area (TPSA) is 95.3 Å². The predicted molar refractivity (Wildman–Crippen MR) is 111 cm³/mol. The zero-order valence-corrected chi connectivity index (χ0v) is 16.7. The molecule has 29 heavy (non-hydrogen) atoms. The number of hydroxylamine groups is 2. The number of hydrogen-bond donors (Lipinski definition) is 2. The number of aliphatic imine (C=N–C) groups is 1. The number of methoxy groups -OCH3 is 1. The summed E-state index contributed by atoms with van der Waals surface area (Å²) in [6.07, 6.45) is 3.55. The fourth-order valence-corrected chi connectivity index (χ4v) is 4.83. The summed E-state index contributed by atoms with van der Waals surface area (Å²) < 4.78 is 12.2. The first-order chi connectivity index (χ1) is 14.0. The monoisotopic (exact) mass is 394 g/mol. The Morgan fingerprint density at radius 2 is 1.86 bits per heavy atom. The fraction of sp³-hybridized carbons (Fsp3) is 0.409. The maximum atomic E-state index is 6.58. The Morgan fingerprint density at radius 3 is 2.52 bits per heavy atom. The van der Waals surface area contributed by atoms with Gasteiger partial charge in [-0.3, -0.25) is 0 Å². The summed E-state index contributed by atoms with van der Waals surface area (Å²) in [5.74, 6) is 1.14. The summed E-state index contributed by atoms with van der Waals surface area (Å²) in [6, 6.07) is 14.0. The SMILES string of the molecule is COC1CCC2(CC1)Oc1ccc(-c3cccc(N)c3)cc1C21N=C(N)N(C)O1. The Kier molecular flexibility index (Phi) is 4.01. The van der Waals surface area contributed by atoms with Gasteiger partial charge < -0.3 is 20.9 Å². The number of anilines is 1. The molecule has 3 aliphatic rings. The fourth-order valence-electron chi connectivity index (χ4n) is 4.83. The van der Waals surface area contributed by atoms with Crippen molar-refractivity contribution in [1.82, 2.24) is 5.06 Å². The number of hydrogen-bond acceptors (Lipinski definition) is 7. The lowest BCUT2D eigenvalue weighted by molar-refractivity contribution is -0.242. The lowest BCUT2D eigenvalue weighted by Gasteiger charge is -2.43. The van der Waals surface area contributed by atoms with Crippen molar-refractivity contribution in [2.24, 2.45) is 10.7 Å². The van der Waals surface area contributed by atoms with Crippen LogP contribution in [-0.2, 0) is 15.3 Å². The third-order valence-electron chi connectivity index (χ3n) is 6.42. The Balaban J connectivity index is 1.63. The Morgan fingerprint density at radius 1 is 1.10 bits per heavy atom. The van der Waals surface area contributed by atoms with Crippen molar-refractivity contribution in [2.45, 2.75) is 43.1 Å². The molecule has 5 rings (SSSR count). The zero-order chi connectivity index (χ0) is 20.2. The van der Waals surface area contributed by atoms with Gasteiger partial charge in [-0.25, -0.2) is 14.9 Å². The van der Waals surface area contributed by atoms with E-state index in [0.717, 1.165) is 53.8 Å². The van der Waals surface area contributed by atoms with Gasteiger partial charge in [0.25, 0.3) is 5.72 Å². The smallest absolute Gasteiger partial charge is 0.257 e. The number of ether oxygens (including phenoxy) is 2. The molecule has 1 aliphatic carbocycles. The molecule has 152 valence electrons. The first-order valence-corrected chi connectivity index (χ1v) is 9.97. The molecule has 2 aromatic rings. The number of nitrogens with two attached hydrogens (primary N) is 2. The van der Waals surface area contributed by atoms with Crippen molar-refractivity contribution in [3.05, 3.63) is 48.0 Å². The van der Waals surface area contributed by atoms with Crippen LogP contribution in [0, 0.1) is 0 Å². The van der Waals surface area contributed by atoms with Crippen molar-refractivity contribution >= 4 is 11.6 Å². The van der Waals surface area contributed by atoms with Crippen LogP contribution in [0.25, 0.3) is 11.1 Å². The van der Waals surface area contributed by atoms with Crippen LogP contribution in [0.1, 0.15) is 31.2 Å². The third kappa shape index (κ3) is 2.61. The number of benzene rings is 2. The van der Waals surface area contributed by atoms with Gasteiger partial charge in [0.15, 0.2) is 5.60 Å². The molecule has 0 saturated heterocycles. The second-order valence-corrected chi connectivity index (χ2v) is 8.07. The maximum Gasteiger partial charge on any atom is 0.257 e. The van der Waals surface area contributed by atoms with Gasteiger partial charge in [0.2, 0.25) is 5.96 Å². The van der Waals surface area contributed by atoms with Gasteiger partial charge in [-0.15, -0.1) is 0 Å². The number of nitrogens with zero attached hydrogens (tertiary/aromatic N) is 2. The van der Waals surface area contributed by atoms with E-state index in [9.17, 15) is 0 Å². The molecule has 0 radical (unpaired) electrons. The van der Waals surface area contributed by atoms with Crippen LogP contribution in [0.15, 0.2) is 47.5 Å². The Hall–Kier alpha value is -2.77. The molecule has 4 N–H and O–H groups in total. The lowest BCUT2D eigenvalue weighted by Crippen LogP contribution is -2.54. The summed E-state index contributed by atoms with van der Waals surface area (Å²) in [5, 5.41) is 1.54. The van der Waals surface area contributed by atoms with Crippen LogP contribution < -0.4 is 16.2 Å². The van der Waals surface area contributed by atoms with E-state index in [0.29, 0.717) is 5.96 Å². The molecule has 7 nitrogen and oxygen atoms in total. The van der Waals surface area contributed by atoms with Gasteiger partial charge in [-0.2, -0.15) is 0 Å². The van der Waals surface area contributed by atoms with Gasteiger partial charge in [0.05, 0.1) is 11.7 Å². The van der Waals surface area contributed by atoms with Gasteiger partial charge in [0, 0.05) is 19.8 Å². The number of rotatable bonds is 2. The quantitative estimate of drug-likeness (QED) is 0.761.